The summed E-state index contributed by atoms with van der Waals surface area (Å²) in [4.78, 5) is 17.5. The summed E-state index contributed by atoms with van der Waals surface area (Å²) in [7, 11) is 0. The standard InChI is InChI=1S/C19H35N3O/c20-16-19(8-3-1-4-9-19)13-18(23)22-12-7-17(15-22)14-21-10-5-2-6-11-21/h17H,1-16,20H2. The molecule has 0 aromatic carbocycles. The van der Waals surface area contributed by atoms with E-state index in [2.05, 4.69) is 9.80 Å². The van der Waals surface area contributed by atoms with Crippen LogP contribution in [-0.4, -0.2) is 55.0 Å². The summed E-state index contributed by atoms with van der Waals surface area (Å²) in [6.07, 6.45) is 12.1. The maximum Gasteiger partial charge on any atom is 0.223 e. The van der Waals surface area contributed by atoms with Gasteiger partial charge < -0.3 is 15.5 Å². The van der Waals surface area contributed by atoms with E-state index >= 15 is 0 Å². The second kappa shape index (κ2) is 7.98. The topological polar surface area (TPSA) is 49.6 Å². The van der Waals surface area contributed by atoms with Crippen molar-refractivity contribution in [1.29, 1.82) is 0 Å². The maximum atomic E-state index is 12.8. The first kappa shape index (κ1) is 17.2. The Kier molecular flexibility index (Phi) is 5.97. The third kappa shape index (κ3) is 4.48. The number of nitrogens with zero attached hydrogens (tertiary/aromatic N) is 2. The third-order valence-electron chi connectivity index (χ3n) is 6.48. The first-order valence-corrected chi connectivity index (χ1v) is 9.91. The van der Waals surface area contributed by atoms with E-state index in [1.54, 1.807) is 0 Å². The van der Waals surface area contributed by atoms with E-state index in [1.807, 2.05) is 0 Å². The Bertz CT molecular complexity index is 386. The van der Waals surface area contributed by atoms with Gasteiger partial charge in [-0.1, -0.05) is 25.7 Å². The summed E-state index contributed by atoms with van der Waals surface area (Å²) in [6.45, 7) is 6.37. The molecule has 0 bridgehead atoms. The number of carbonyl (C=O) groups is 1. The van der Waals surface area contributed by atoms with Crippen molar-refractivity contribution in [3.05, 3.63) is 0 Å². The quantitative estimate of drug-likeness (QED) is 0.847. The molecule has 2 heterocycles. The minimum absolute atomic E-state index is 0.111. The largest absolute Gasteiger partial charge is 0.342 e. The van der Waals surface area contributed by atoms with Crippen LogP contribution >= 0.6 is 0 Å². The monoisotopic (exact) mass is 321 g/mol. The molecule has 0 aromatic rings. The Morgan fingerprint density at radius 1 is 1.00 bits per heavy atom. The van der Waals surface area contributed by atoms with Crippen molar-refractivity contribution in [3.63, 3.8) is 0 Å². The molecule has 1 saturated carbocycles. The molecular weight excluding hydrogens is 286 g/mol. The molecule has 0 aromatic heterocycles. The first-order chi connectivity index (χ1) is 11.2. The van der Waals surface area contributed by atoms with E-state index in [1.165, 1.54) is 64.6 Å². The third-order valence-corrected chi connectivity index (χ3v) is 6.48. The number of piperidine rings is 1. The van der Waals surface area contributed by atoms with Crippen molar-refractivity contribution in [2.45, 2.75) is 64.2 Å². The van der Waals surface area contributed by atoms with Gasteiger partial charge in [-0.25, -0.2) is 0 Å². The molecule has 2 N–H and O–H groups in total. The summed E-state index contributed by atoms with van der Waals surface area (Å²) in [5.41, 5.74) is 6.17. The fraction of sp³-hybridized carbons (Fsp3) is 0.947. The summed E-state index contributed by atoms with van der Waals surface area (Å²) in [5.74, 6) is 1.07. The Hall–Kier alpha value is -0.610. The minimum Gasteiger partial charge on any atom is -0.342 e. The van der Waals surface area contributed by atoms with Gasteiger partial charge in [-0.15, -0.1) is 0 Å². The van der Waals surface area contributed by atoms with Crippen molar-refractivity contribution < 1.29 is 4.79 Å². The minimum atomic E-state index is 0.111. The molecule has 0 spiro atoms. The number of hydrogen-bond donors (Lipinski definition) is 1. The van der Waals surface area contributed by atoms with Gasteiger partial charge in [0.15, 0.2) is 0 Å². The number of hydrogen-bond acceptors (Lipinski definition) is 3. The van der Waals surface area contributed by atoms with Gasteiger partial charge in [-0.2, -0.15) is 0 Å². The van der Waals surface area contributed by atoms with Gasteiger partial charge in [0.2, 0.25) is 5.91 Å². The van der Waals surface area contributed by atoms with E-state index in [-0.39, 0.29) is 5.41 Å². The van der Waals surface area contributed by atoms with Crippen LogP contribution in [0.5, 0.6) is 0 Å². The Labute approximate surface area is 141 Å². The van der Waals surface area contributed by atoms with E-state index in [0.29, 0.717) is 24.8 Å². The number of carbonyl (C=O) groups excluding carboxylic acids is 1. The molecule has 3 aliphatic rings. The molecule has 1 amide bonds. The van der Waals surface area contributed by atoms with Crippen molar-refractivity contribution in [2.75, 3.05) is 39.3 Å². The van der Waals surface area contributed by atoms with Crippen molar-refractivity contribution in [2.24, 2.45) is 17.1 Å². The van der Waals surface area contributed by atoms with Crippen LogP contribution in [0, 0.1) is 11.3 Å². The van der Waals surface area contributed by atoms with Gasteiger partial charge in [0.05, 0.1) is 0 Å². The molecule has 1 unspecified atom stereocenters. The molecule has 132 valence electrons. The second-order valence-corrected chi connectivity index (χ2v) is 8.30. The molecular formula is C19H35N3O. The lowest BCUT2D eigenvalue weighted by Crippen LogP contribution is -2.40. The van der Waals surface area contributed by atoms with Gasteiger partial charge in [-0.05, 0) is 63.1 Å². The predicted molar refractivity (Wildman–Crippen MR) is 94.2 cm³/mol. The molecule has 0 radical (unpaired) electrons. The molecule has 3 rings (SSSR count). The fourth-order valence-electron chi connectivity index (χ4n) is 4.90. The highest BCUT2D eigenvalue weighted by molar-refractivity contribution is 5.77. The van der Waals surface area contributed by atoms with Gasteiger partial charge in [0.25, 0.3) is 0 Å². The molecule has 2 saturated heterocycles. The summed E-state index contributed by atoms with van der Waals surface area (Å²) < 4.78 is 0. The molecule has 1 aliphatic carbocycles. The van der Waals surface area contributed by atoms with E-state index in [9.17, 15) is 4.79 Å². The van der Waals surface area contributed by atoms with E-state index in [0.717, 1.165) is 25.9 Å². The predicted octanol–water partition coefficient (Wildman–Crippen LogP) is 2.62. The fourth-order valence-corrected chi connectivity index (χ4v) is 4.90. The van der Waals surface area contributed by atoms with Gasteiger partial charge in [0.1, 0.15) is 0 Å². The highest BCUT2D eigenvalue weighted by atomic mass is 16.2. The second-order valence-electron chi connectivity index (χ2n) is 8.30. The smallest absolute Gasteiger partial charge is 0.223 e. The van der Waals surface area contributed by atoms with Crippen LogP contribution < -0.4 is 5.73 Å². The van der Waals surface area contributed by atoms with Gasteiger partial charge >= 0.3 is 0 Å². The lowest BCUT2D eigenvalue weighted by molar-refractivity contribution is -0.133. The van der Waals surface area contributed by atoms with Crippen molar-refractivity contribution in [1.82, 2.24) is 9.80 Å². The molecule has 4 nitrogen and oxygen atoms in total. The first-order valence-electron chi connectivity index (χ1n) is 9.91. The molecule has 4 heteroatoms. The molecule has 3 fully saturated rings. The van der Waals surface area contributed by atoms with Crippen LogP contribution in [0.15, 0.2) is 0 Å². The highest BCUT2D eigenvalue weighted by Gasteiger charge is 2.36. The molecule has 2 aliphatic heterocycles. The van der Waals surface area contributed by atoms with Crippen LogP contribution in [0.3, 0.4) is 0 Å². The summed E-state index contributed by atoms with van der Waals surface area (Å²) in [6, 6.07) is 0. The van der Waals surface area contributed by atoms with Crippen molar-refractivity contribution in [3.8, 4) is 0 Å². The number of nitrogens with two attached hydrogens (primary N) is 1. The summed E-state index contributed by atoms with van der Waals surface area (Å²) >= 11 is 0. The molecule has 23 heavy (non-hydrogen) atoms. The number of amides is 1. The van der Waals surface area contributed by atoms with Gasteiger partial charge in [-0.3, -0.25) is 4.79 Å². The van der Waals surface area contributed by atoms with Crippen LogP contribution in [0.1, 0.15) is 64.2 Å². The van der Waals surface area contributed by atoms with Crippen LogP contribution in [0.2, 0.25) is 0 Å². The van der Waals surface area contributed by atoms with Crippen molar-refractivity contribution >= 4 is 5.91 Å². The zero-order valence-electron chi connectivity index (χ0n) is 14.8. The normalized spacial score (nSPS) is 28.9. The zero-order valence-corrected chi connectivity index (χ0v) is 14.8. The lowest BCUT2D eigenvalue weighted by Gasteiger charge is -2.36. The molecule has 1 atom stereocenters. The average Bonchev–Trinajstić information content (AvgIpc) is 3.05. The zero-order chi connectivity index (χ0) is 16.1. The SMILES string of the molecule is NCC1(CC(=O)N2CCC(CN3CCCCC3)C2)CCCCC1. The Morgan fingerprint density at radius 3 is 2.39 bits per heavy atom. The van der Waals surface area contributed by atoms with E-state index < -0.39 is 0 Å². The lowest BCUT2D eigenvalue weighted by atomic mass is 9.71. The van der Waals surface area contributed by atoms with E-state index in [4.69, 9.17) is 5.73 Å². The highest BCUT2D eigenvalue weighted by Crippen LogP contribution is 2.39. The van der Waals surface area contributed by atoms with Crippen LogP contribution in [0.25, 0.3) is 0 Å². The number of likely N-dealkylation sites (tertiary alicyclic amines) is 2. The van der Waals surface area contributed by atoms with Crippen LogP contribution in [-0.2, 0) is 4.79 Å². The average molecular weight is 322 g/mol. The van der Waals surface area contributed by atoms with Gasteiger partial charge in [0, 0.05) is 26.1 Å². The maximum absolute atomic E-state index is 12.8. The Morgan fingerprint density at radius 2 is 1.70 bits per heavy atom. The van der Waals surface area contributed by atoms with Crippen LogP contribution in [0.4, 0.5) is 0 Å². The Balaban J connectivity index is 1.46. The summed E-state index contributed by atoms with van der Waals surface area (Å²) in [5, 5.41) is 0. The number of rotatable bonds is 5.